The molecule has 7 heteroatoms. The number of anilines is 1. The summed E-state index contributed by atoms with van der Waals surface area (Å²) in [4.78, 5) is 13.3. The van der Waals surface area contributed by atoms with E-state index >= 15 is 0 Å². The predicted molar refractivity (Wildman–Crippen MR) is 101 cm³/mol. The third-order valence-electron chi connectivity index (χ3n) is 5.45. The highest BCUT2D eigenvalue weighted by Crippen LogP contribution is 2.34. The molecule has 1 fully saturated rings. The van der Waals surface area contributed by atoms with Gasteiger partial charge in [-0.1, -0.05) is 6.08 Å². The summed E-state index contributed by atoms with van der Waals surface area (Å²) in [5, 5.41) is 7.52. The van der Waals surface area contributed by atoms with E-state index in [1.807, 2.05) is 12.4 Å². The molecule has 1 N–H and O–H groups in total. The lowest BCUT2D eigenvalue weighted by Gasteiger charge is -2.15. The van der Waals surface area contributed by atoms with Crippen molar-refractivity contribution in [2.45, 2.75) is 45.1 Å². The maximum absolute atomic E-state index is 14.4. The zero-order chi connectivity index (χ0) is 18.4. The molecule has 138 valence electrons. The fraction of sp³-hybridized carbons (Fsp3) is 0.400. The minimum absolute atomic E-state index is 0.234. The van der Waals surface area contributed by atoms with Crippen molar-refractivity contribution in [3.63, 3.8) is 0 Å². The van der Waals surface area contributed by atoms with E-state index in [1.165, 1.54) is 29.8 Å². The molecule has 0 amide bonds. The molecule has 3 aromatic rings. The Morgan fingerprint density at radius 2 is 2.19 bits per heavy atom. The molecule has 0 spiro atoms. The van der Waals surface area contributed by atoms with Crippen molar-refractivity contribution in [1.29, 1.82) is 0 Å². The fourth-order valence-electron chi connectivity index (χ4n) is 3.75. The molecule has 0 aliphatic heterocycles. The monoisotopic (exact) mass is 364 g/mol. The predicted octanol–water partition coefficient (Wildman–Crippen LogP) is 3.64. The lowest BCUT2D eigenvalue weighted by molar-refractivity contribution is 0.627. The van der Waals surface area contributed by atoms with E-state index in [4.69, 9.17) is 4.98 Å². The van der Waals surface area contributed by atoms with Crippen LogP contribution in [0.1, 0.15) is 49.4 Å². The van der Waals surface area contributed by atoms with Crippen LogP contribution in [-0.2, 0) is 6.42 Å². The van der Waals surface area contributed by atoms with Gasteiger partial charge in [-0.3, -0.25) is 0 Å². The smallest absolute Gasteiger partial charge is 0.223 e. The van der Waals surface area contributed by atoms with Crippen molar-refractivity contribution < 1.29 is 4.39 Å². The van der Waals surface area contributed by atoms with Gasteiger partial charge >= 0.3 is 0 Å². The van der Waals surface area contributed by atoms with Crippen molar-refractivity contribution in [2.24, 2.45) is 5.92 Å². The molecule has 0 radical (unpaired) electrons. The second-order valence-corrected chi connectivity index (χ2v) is 7.44. The quantitative estimate of drug-likeness (QED) is 0.766. The Bertz CT molecular complexity index is 1040. The molecule has 3 heterocycles. The van der Waals surface area contributed by atoms with E-state index < -0.39 is 0 Å². The van der Waals surface area contributed by atoms with E-state index in [0.29, 0.717) is 12.0 Å². The van der Waals surface area contributed by atoms with E-state index in [2.05, 4.69) is 33.4 Å². The van der Waals surface area contributed by atoms with Gasteiger partial charge in [0.25, 0.3) is 0 Å². The van der Waals surface area contributed by atoms with Gasteiger partial charge in [0.05, 0.1) is 5.69 Å². The molecular weight excluding hydrogens is 343 g/mol. The first kappa shape index (κ1) is 16.4. The molecule has 27 heavy (non-hydrogen) atoms. The Labute approximate surface area is 156 Å². The maximum Gasteiger partial charge on any atom is 0.223 e. The zero-order valence-corrected chi connectivity index (χ0v) is 15.2. The molecule has 1 atom stereocenters. The zero-order valence-electron chi connectivity index (χ0n) is 15.2. The number of fused-ring (bicyclic) bond motifs is 2. The molecule has 0 unspecified atom stereocenters. The van der Waals surface area contributed by atoms with E-state index in [0.717, 1.165) is 47.6 Å². The van der Waals surface area contributed by atoms with Crippen molar-refractivity contribution in [3.8, 4) is 0 Å². The topological polar surface area (TPSA) is 68.0 Å². The van der Waals surface area contributed by atoms with Crippen molar-refractivity contribution in [3.05, 3.63) is 53.5 Å². The molecule has 2 aliphatic rings. The summed E-state index contributed by atoms with van der Waals surface area (Å²) in [6, 6.07) is 1.92. The number of nitrogens with one attached hydrogen (secondary N) is 1. The Morgan fingerprint density at radius 1 is 1.30 bits per heavy atom. The van der Waals surface area contributed by atoms with Gasteiger partial charge in [0, 0.05) is 29.6 Å². The minimum Gasteiger partial charge on any atom is -0.351 e. The van der Waals surface area contributed by atoms with Gasteiger partial charge in [-0.2, -0.15) is 5.10 Å². The normalized spacial score (nSPS) is 17.9. The number of halogens is 1. The lowest BCUT2D eigenvalue weighted by atomic mass is 9.99. The van der Waals surface area contributed by atoms with Crippen LogP contribution in [0.15, 0.2) is 30.9 Å². The van der Waals surface area contributed by atoms with Gasteiger partial charge in [-0.25, -0.2) is 23.9 Å². The number of allylic oxidation sites excluding steroid dienone is 1. The first-order valence-corrected chi connectivity index (χ1v) is 9.51. The van der Waals surface area contributed by atoms with Crippen LogP contribution in [0.4, 0.5) is 10.3 Å². The molecule has 0 bridgehead atoms. The van der Waals surface area contributed by atoms with Crippen molar-refractivity contribution in [2.75, 3.05) is 5.32 Å². The molecule has 6 nitrogen and oxygen atoms in total. The van der Waals surface area contributed by atoms with Crippen LogP contribution in [0.3, 0.4) is 0 Å². The van der Waals surface area contributed by atoms with Crippen LogP contribution in [-0.4, -0.2) is 30.6 Å². The molecule has 1 saturated carbocycles. The largest absolute Gasteiger partial charge is 0.351 e. The van der Waals surface area contributed by atoms with Gasteiger partial charge in [-0.15, -0.1) is 0 Å². The molecule has 0 aromatic carbocycles. The Hall–Kier alpha value is -2.83. The minimum atomic E-state index is -0.380. The number of rotatable bonds is 4. The summed E-state index contributed by atoms with van der Waals surface area (Å²) in [5.74, 6) is 1.04. The third kappa shape index (κ3) is 3.07. The number of nitrogens with zero attached hydrogens (tertiary/aromatic N) is 5. The van der Waals surface area contributed by atoms with E-state index in [1.54, 1.807) is 0 Å². The molecule has 2 aliphatic carbocycles. The molecular formula is C20H21FN6. The van der Waals surface area contributed by atoms with E-state index in [-0.39, 0.29) is 11.5 Å². The highest BCUT2D eigenvalue weighted by molar-refractivity contribution is 5.81. The standard InChI is InChI=1S/C20H21FN6/c1-12(13-6-7-13)25-20-22-9-16-15(4-2-3-5-18(16)26-20)14-8-17(21)19-23-11-24-27(19)10-14/h4,8-13H,2-3,5-7H2,1H3,(H,22,25,26)/t12-/m1/s1. The molecule has 5 rings (SSSR count). The Balaban J connectivity index is 1.53. The number of aryl methyl sites for hydroxylation is 1. The first-order valence-electron chi connectivity index (χ1n) is 9.51. The highest BCUT2D eigenvalue weighted by atomic mass is 19.1. The Morgan fingerprint density at radius 3 is 3.04 bits per heavy atom. The SMILES string of the molecule is C[C@@H](Nc1ncc2c(n1)CCCC=C2c1cc(F)c2ncnn2c1)C1CC1. The maximum atomic E-state index is 14.4. The van der Waals surface area contributed by atoms with Gasteiger partial charge in [-0.05, 0) is 56.6 Å². The van der Waals surface area contributed by atoms with Crippen LogP contribution in [0.5, 0.6) is 0 Å². The molecule has 3 aromatic heterocycles. The van der Waals surface area contributed by atoms with Gasteiger partial charge < -0.3 is 5.32 Å². The molecule has 0 saturated heterocycles. The second kappa shape index (κ2) is 6.40. The summed E-state index contributed by atoms with van der Waals surface area (Å²) in [5.41, 5.74) is 3.94. The van der Waals surface area contributed by atoms with Gasteiger partial charge in [0.2, 0.25) is 5.95 Å². The average Bonchev–Trinajstić information content (AvgIpc) is 3.43. The van der Waals surface area contributed by atoms with Crippen LogP contribution in [0, 0.1) is 11.7 Å². The highest BCUT2D eigenvalue weighted by Gasteiger charge is 2.28. The number of pyridine rings is 1. The van der Waals surface area contributed by atoms with Crippen LogP contribution >= 0.6 is 0 Å². The summed E-state index contributed by atoms with van der Waals surface area (Å²) in [6.07, 6.45) is 12.6. The number of hydrogen-bond donors (Lipinski definition) is 1. The number of aromatic nitrogens is 5. The van der Waals surface area contributed by atoms with Gasteiger partial charge in [0.1, 0.15) is 6.33 Å². The summed E-state index contributed by atoms with van der Waals surface area (Å²) in [7, 11) is 0. The van der Waals surface area contributed by atoms with E-state index in [9.17, 15) is 4.39 Å². The van der Waals surface area contributed by atoms with Crippen LogP contribution in [0.25, 0.3) is 11.2 Å². The fourth-order valence-corrected chi connectivity index (χ4v) is 3.75. The van der Waals surface area contributed by atoms with Crippen LogP contribution in [0.2, 0.25) is 0 Å². The van der Waals surface area contributed by atoms with Crippen LogP contribution < -0.4 is 5.32 Å². The third-order valence-corrected chi connectivity index (χ3v) is 5.45. The van der Waals surface area contributed by atoms with Crippen molar-refractivity contribution in [1.82, 2.24) is 24.6 Å². The van der Waals surface area contributed by atoms with Gasteiger partial charge in [0.15, 0.2) is 11.5 Å². The summed E-state index contributed by atoms with van der Waals surface area (Å²) >= 11 is 0. The van der Waals surface area contributed by atoms with Crippen molar-refractivity contribution >= 4 is 17.2 Å². The first-order chi connectivity index (χ1) is 13.2. The average molecular weight is 364 g/mol. The number of hydrogen-bond acceptors (Lipinski definition) is 5. The lowest BCUT2D eigenvalue weighted by Crippen LogP contribution is -2.19. The summed E-state index contributed by atoms with van der Waals surface area (Å²) in [6.45, 7) is 2.19. The second-order valence-electron chi connectivity index (χ2n) is 7.44. The summed E-state index contributed by atoms with van der Waals surface area (Å²) < 4.78 is 15.9. The Kier molecular flexibility index (Phi) is 3.88.